The Morgan fingerprint density at radius 1 is 1.20 bits per heavy atom. The lowest BCUT2D eigenvalue weighted by Gasteiger charge is -2.11. The second-order valence-electron chi connectivity index (χ2n) is 6.95. The molecule has 0 aliphatic heterocycles. The third kappa shape index (κ3) is 4.65. The van der Waals surface area contributed by atoms with Crippen molar-refractivity contribution in [3.05, 3.63) is 91.2 Å². The molecule has 0 saturated heterocycles. The van der Waals surface area contributed by atoms with Gasteiger partial charge in [0.1, 0.15) is 0 Å². The van der Waals surface area contributed by atoms with Crippen LogP contribution in [0.1, 0.15) is 28.1 Å². The summed E-state index contributed by atoms with van der Waals surface area (Å²) in [7, 11) is 0. The summed E-state index contributed by atoms with van der Waals surface area (Å²) >= 11 is 3.52. The molecule has 0 spiro atoms. The van der Waals surface area contributed by atoms with E-state index in [0.717, 1.165) is 32.7 Å². The van der Waals surface area contributed by atoms with Crippen molar-refractivity contribution < 1.29 is 9.72 Å². The summed E-state index contributed by atoms with van der Waals surface area (Å²) in [5.74, 6) is -0.419. The van der Waals surface area contributed by atoms with Gasteiger partial charge in [0.05, 0.1) is 17.6 Å². The Morgan fingerprint density at radius 3 is 2.63 bits per heavy atom. The van der Waals surface area contributed by atoms with Crippen molar-refractivity contribution in [1.29, 1.82) is 0 Å². The fourth-order valence-electron chi connectivity index (χ4n) is 3.31. The molecule has 7 nitrogen and oxygen atoms in total. The minimum atomic E-state index is -0.495. The van der Waals surface area contributed by atoms with Gasteiger partial charge in [0.15, 0.2) is 0 Å². The second kappa shape index (κ2) is 9.04. The molecule has 30 heavy (non-hydrogen) atoms. The van der Waals surface area contributed by atoms with E-state index in [2.05, 4.69) is 37.1 Å². The highest BCUT2D eigenvalue weighted by atomic mass is 79.9. The number of nitrogens with one attached hydrogen (secondary N) is 1. The number of hydrazone groups is 1. The highest BCUT2D eigenvalue weighted by Crippen LogP contribution is 2.24. The Kier molecular flexibility index (Phi) is 6.47. The molecule has 2 aromatic carbocycles. The van der Waals surface area contributed by atoms with Gasteiger partial charge in [-0.15, -0.1) is 0 Å². The summed E-state index contributed by atoms with van der Waals surface area (Å²) in [5, 5.41) is 15.1. The third-order valence-corrected chi connectivity index (χ3v) is 5.69. The quantitative estimate of drug-likeness (QED) is 0.321. The number of carbonyl (C=O) groups excluding carboxylic acids is 1. The Morgan fingerprint density at radius 2 is 1.93 bits per heavy atom. The van der Waals surface area contributed by atoms with E-state index in [-0.39, 0.29) is 12.1 Å². The standard InChI is InChI=1S/C22H21BrN4O3/c1-14-10-19(8-9-20(14)23)26-15(2)11-18(16(26)3)13-24-25-22(28)12-17-6-4-5-7-21(17)27(29)30/h4-11,13H,12H2,1-3H3,(H,25,28)/b24-13+. The van der Waals surface area contributed by atoms with Gasteiger partial charge in [-0.1, -0.05) is 34.1 Å². The van der Waals surface area contributed by atoms with Crippen molar-refractivity contribution in [2.45, 2.75) is 27.2 Å². The van der Waals surface area contributed by atoms with Crippen molar-refractivity contribution in [1.82, 2.24) is 9.99 Å². The van der Waals surface area contributed by atoms with Crippen LogP contribution in [0, 0.1) is 30.9 Å². The predicted octanol–water partition coefficient (Wildman–Crippen LogP) is 4.77. The number of nitro groups is 1. The number of hydrogen-bond donors (Lipinski definition) is 1. The van der Waals surface area contributed by atoms with Crippen LogP contribution in [0.3, 0.4) is 0 Å². The SMILES string of the molecule is Cc1cc(-n2c(C)cc(/C=N/NC(=O)Cc3ccccc3[N+](=O)[O-])c2C)ccc1Br. The molecular weight excluding hydrogens is 448 g/mol. The van der Waals surface area contributed by atoms with Crippen molar-refractivity contribution in [2.24, 2.45) is 5.10 Å². The molecule has 0 unspecified atom stereocenters. The molecule has 3 rings (SSSR count). The predicted molar refractivity (Wildman–Crippen MR) is 120 cm³/mol. The van der Waals surface area contributed by atoms with Crippen molar-refractivity contribution in [3.8, 4) is 5.69 Å². The second-order valence-corrected chi connectivity index (χ2v) is 7.81. The molecular formula is C22H21BrN4O3. The molecule has 1 amide bonds. The molecule has 0 bridgehead atoms. The molecule has 8 heteroatoms. The maximum Gasteiger partial charge on any atom is 0.273 e. The molecule has 0 aliphatic rings. The molecule has 0 saturated carbocycles. The number of carbonyl (C=O) groups is 1. The lowest BCUT2D eigenvalue weighted by Crippen LogP contribution is -2.20. The van der Waals surface area contributed by atoms with Crippen LogP contribution in [0.4, 0.5) is 5.69 Å². The summed E-state index contributed by atoms with van der Waals surface area (Å²) < 4.78 is 3.17. The molecule has 1 N–H and O–H groups in total. The van der Waals surface area contributed by atoms with Gasteiger partial charge < -0.3 is 4.57 Å². The third-order valence-electron chi connectivity index (χ3n) is 4.80. The molecule has 3 aromatic rings. The van der Waals surface area contributed by atoms with Crippen LogP contribution >= 0.6 is 15.9 Å². The lowest BCUT2D eigenvalue weighted by atomic mass is 10.1. The molecule has 1 aromatic heterocycles. The van der Waals surface area contributed by atoms with E-state index in [4.69, 9.17) is 0 Å². The van der Waals surface area contributed by atoms with Crippen LogP contribution < -0.4 is 5.43 Å². The summed E-state index contributed by atoms with van der Waals surface area (Å²) in [6, 6.07) is 14.3. The highest BCUT2D eigenvalue weighted by Gasteiger charge is 2.15. The minimum absolute atomic E-state index is 0.0787. The molecule has 0 aliphatic carbocycles. The van der Waals surface area contributed by atoms with Gasteiger partial charge in [0.2, 0.25) is 5.91 Å². The Bertz CT molecular complexity index is 1150. The van der Waals surface area contributed by atoms with Crippen molar-refractivity contribution >= 4 is 33.7 Å². The smallest absolute Gasteiger partial charge is 0.273 e. The number of para-hydroxylation sites is 1. The van der Waals surface area contributed by atoms with Crippen LogP contribution in [0.15, 0.2) is 58.1 Å². The molecule has 0 atom stereocenters. The summed E-state index contributed by atoms with van der Waals surface area (Å²) in [6.45, 7) is 6.03. The fourth-order valence-corrected chi connectivity index (χ4v) is 3.55. The van der Waals surface area contributed by atoms with Crippen LogP contribution in [0.5, 0.6) is 0 Å². The van der Waals surface area contributed by atoms with Gasteiger partial charge in [0.25, 0.3) is 5.69 Å². The number of hydrogen-bond acceptors (Lipinski definition) is 4. The van der Waals surface area contributed by atoms with Crippen molar-refractivity contribution in [3.63, 3.8) is 0 Å². The van der Waals surface area contributed by atoms with Gasteiger partial charge in [-0.25, -0.2) is 5.43 Å². The zero-order valence-corrected chi connectivity index (χ0v) is 18.4. The van der Waals surface area contributed by atoms with Gasteiger partial charge in [-0.05, 0) is 50.6 Å². The number of halogens is 1. The monoisotopic (exact) mass is 468 g/mol. The number of benzene rings is 2. The van der Waals surface area contributed by atoms with Gasteiger partial charge in [0, 0.05) is 38.7 Å². The van der Waals surface area contributed by atoms with E-state index in [1.165, 1.54) is 6.07 Å². The minimum Gasteiger partial charge on any atom is -0.318 e. The summed E-state index contributed by atoms with van der Waals surface area (Å²) in [5.41, 5.74) is 7.81. The van der Waals surface area contributed by atoms with Crippen LogP contribution in [-0.4, -0.2) is 21.6 Å². The maximum atomic E-state index is 12.2. The van der Waals surface area contributed by atoms with Gasteiger partial charge >= 0.3 is 0 Å². The van der Waals surface area contributed by atoms with E-state index in [9.17, 15) is 14.9 Å². The normalized spacial score (nSPS) is 11.1. The van der Waals surface area contributed by atoms with Crippen LogP contribution in [-0.2, 0) is 11.2 Å². The average Bonchev–Trinajstić information content (AvgIpc) is 2.98. The van der Waals surface area contributed by atoms with E-state index in [0.29, 0.717) is 5.56 Å². The molecule has 1 heterocycles. The van der Waals surface area contributed by atoms with Crippen molar-refractivity contribution in [2.75, 3.05) is 0 Å². The molecule has 154 valence electrons. The Hall–Kier alpha value is -3.26. The summed E-state index contributed by atoms with van der Waals surface area (Å²) in [4.78, 5) is 22.7. The Balaban J connectivity index is 1.74. The number of aromatic nitrogens is 1. The number of nitro benzene ring substituents is 1. The first-order valence-corrected chi connectivity index (χ1v) is 10.1. The average molecular weight is 469 g/mol. The number of nitrogens with zero attached hydrogens (tertiary/aromatic N) is 3. The van der Waals surface area contributed by atoms with Gasteiger partial charge in [-0.2, -0.15) is 5.10 Å². The zero-order chi connectivity index (χ0) is 21.8. The fraction of sp³-hybridized carbons (Fsp3) is 0.182. The van der Waals surface area contributed by atoms with Gasteiger partial charge in [-0.3, -0.25) is 14.9 Å². The Labute approximate surface area is 182 Å². The van der Waals surface area contributed by atoms with E-state index >= 15 is 0 Å². The topological polar surface area (TPSA) is 89.5 Å². The number of amides is 1. The van der Waals surface area contributed by atoms with Crippen LogP contribution in [0.2, 0.25) is 0 Å². The largest absolute Gasteiger partial charge is 0.318 e. The zero-order valence-electron chi connectivity index (χ0n) is 16.8. The first-order chi connectivity index (χ1) is 14.3. The highest BCUT2D eigenvalue weighted by molar-refractivity contribution is 9.10. The van der Waals surface area contributed by atoms with E-state index in [1.807, 2.05) is 39.0 Å². The maximum absolute atomic E-state index is 12.2. The van der Waals surface area contributed by atoms with Crippen LogP contribution in [0.25, 0.3) is 5.69 Å². The molecule has 0 fully saturated rings. The van der Waals surface area contributed by atoms with E-state index in [1.54, 1.807) is 24.4 Å². The number of aryl methyl sites for hydroxylation is 2. The molecule has 0 radical (unpaired) electrons. The first-order valence-electron chi connectivity index (χ1n) is 9.27. The van der Waals surface area contributed by atoms with E-state index < -0.39 is 10.8 Å². The lowest BCUT2D eigenvalue weighted by molar-refractivity contribution is -0.385. The first kappa shape index (κ1) is 21.4. The number of rotatable bonds is 6. The summed E-state index contributed by atoms with van der Waals surface area (Å²) in [6.07, 6.45) is 1.47.